The molecule has 1 saturated carbocycles. The molecule has 2 heteroatoms. The Morgan fingerprint density at radius 3 is 2.50 bits per heavy atom. The molecule has 0 radical (unpaired) electrons. The van der Waals surface area contributed by atoms with Crippen molar-refractivity contribution in [1.82, 2.24) is 0 Å². The summed E-state index contributed by atoms with van der Waals surface area (Å²) in [6.45, 7) is 0. The van der Waals surface area contributed by atoms with Crippen LogP contribution in [0.4, 0.5) is 0 Å². The summed E-state index contributed by atoms with van der Waals surface area (Å²) < 4.78 is 0. The molecule has 0 spiro atoms. The number of carboxylic acid groups (broad SMARTS) is 1. The summed E-state index contributed by atoms with van der Waals surface area (Å²) in [5.41, 5.74) is 3.11. The quantitative estimate of drug-likeness (QED) is 0.783. The van der Waals surface area contributed by atoms with Crippen LogP contribution in [-0.2, 0) is 12.8 Å². The van der Waals surface area contributed by atoms with Gasteiger partial charge in [0, 0.05) is 0 Å². The predicted octanol–water partition coefficient (Wildman–Crippen LogP) is 2.90. The summed E-state index contributed by atoms with van der Waals surface area (Å²) in [4.78, 5) is 10.9. The van der Waals surface area contributed by atoms with Gasteiger partial charge >= 0.3 is 5.97 Å². The Morgan fingerprint density at radius 1 is 1.12 bits per heavy atom. The summed E-state index contributed by atoms with van der Waals surface area (Å²) in [7, 11) is 0. The topological polar surface area (TPSA) is 37.3 Å². The Balaban J connectivity index is 1.99. The molecule has 16 heavy (non-hydrogen) atoms. The van der Waals surface area contributed by atoms with Crippen LogP contribution < -0.4 is 0 Å². The number of rotatable bonds is 1. The van der Waals surface area contributed by atoms with E-state index in [1.54, 1.807) is 6.07 Å². The molecule has 2 bridgehead atoms. The van der Waals surface area contributed by atoms with Gasteiger partial charge in [0.2, 0.25) is 0 Å². The number of benzene rings is 1. The molecule has 1 N–H and O–H groups in total. The summed E-state index contributed by atoms with van der Waals surface area (Å²) in [6.07, 6.45) is 6.29. The summed E-state index contributed by atoms with van der Waals surface area (Å²) in [6, 6.07) is 5.66. The lowest BCUT2D eigenvalue weighted by atomic mass is 9.92. The third-order valence-electron chi connectivity index (χ3n) is 4.12. The molecule has 1 fully saturated rings. The lowest BCUT2D eigenvalue weighted by Crippen LogP contribution is -2.05. The van der Waals surface area contributed by atoms with Crippen molar-refractivity contribution in [2.75, 3.05) is 0 Å². The van der Waals surface area contributed by atoms with Crippen molar-refractivity contribution in [3.63, 3.8) is 0 Å². The van der Waals surface area contributed by atoms with Crippen molar-refractivity contribution >= 4 is 5.97 Å². The maximum atomic E-state index is 10.9. The van der Waals surface area contributed by atoms with E-state index in [0.717, 1.165) is 24.7 Å². The van der Waals surface area contributed by atoms with Gasteiger partial charge in [0.15, 0.2) is 0 Å². The third-order valence-corrected chi connectivity index (χ3v) is 4.12. The minimum absolute atomic E-state index is 0.441. The Bertz CT molecular complexity index is 436. The van der Waals surface area contributed by atoms with Crippen molar-refractivity contribution < 1.29 is 9.90 Å². The Labute approximate surface area is 95.3 Å². The van der Waals surface area contributed by atoms with E-state index >= 15 is 0 Å². The molecule has 0 saturated heterocycles. The number of hydrogen-bond acceptors (Lipinski definition) is 1. The smallest absolute Gasteiger partial charge is 0.335 e. The molecule has 2 unspecified atom stereocenters. The van der Waals surface area contributed by atoms with Gasteiger partial charge in [0.1, 0.15) is 0 Å². The first-order valence-electron chi connectivity index (χ1n) is 6.07. The summed E-state index contributed by atoms with van der Waals surface area (Å²) >= 11 is 0. The summed E-state index contributed by atoms with van der Waals surface area (Å²) in [5, 5.41) is 8.99. The van der Waals surface area contributed by atoms with Crippen LogP contribution in [0.3, 0.4) is 0 Å². The normalized spacial score (nSPS) is 27.2. The molecule has 2 aliphatic carbocycles. The molecule has 2 aliphatic rings. The Kier molecular flexibility index (Phi) is 2.23. The van der Waals surface area contributed by atoms with Gasteiger partial charge in [-0.25, -0.2) is 4.79 Å². The van der Waals surface area contributed by atoms with Crippen molar-refractivity contribution in [3.8, 4) is 0 Å². The molecule has 0 heterocycles. The molecule has 0 amide bonds. The van der Waals surface area contributed by atoms with E-state index in [1.165, 1.54) is 30.4 Å². The molecule has 2 nitrogen and oxygen atoms in total. The highest BCUT2D eigenvalue weighted by Gasteiger charge is 2.29. The first-order chi connectivity index (χ1) is 7.72. The standard InChI is InChI=1S/C14H16O2/c15-14(16)12-4-3-11-6-9-1-2-10(5-9)7-13(11)8-12/h3-4,8-10H,1-2,5-7H2,(H,15,16). The zero-order chi connectivity index (χ0) is 11.1. The fourth-order valence-electron chi connectivity index (χ4n) is 3.32. The fraction of sp³-hybridized carbons (Fsp3) is 0.500. The Morgan fingerprint density at radius 2 is 1.81 bits per heavy atom. The van der Waals surface area contributed by atoms with Gasteiger partial charge in [-0.3, -0.25) is 0 Å². The lowest BCUT2D eigenvalue weighted by molar-refractivity contribution is 0.0696. The second-order valence-corrected chi connectivity index (χ2v) is 5.24. The highest BCUT2D eigenvalue weighted by molar-refractivity contribution is 5.87. The number of aromatic carboxylic acids is 1. The highest BCUT2D eigenvalue weighted by atomic mass is 16.4. The number of carbonyl (C=O) groups is 1. The van der Waals surface area contributed by atoms with Gasteiger partial charge in [0.05, 0.1) is 5.56 Å². The lowest BCUT2D eigenvalue weighted by Gasteiger charge is -2.13. The SMILES string of the molecule is O=C(O)c1ccc2c(c1)CC1CCC(C2)C1. The van der Waals surface area contributed by atoms with Crippen LogP contribution in [0.15, 0.2) is 18.2 Å². The van der Waals surface area contributed by atoms with Crippen LogP contribution in [0.2, 0.25) is 0 Å². The summed E-state index contributed by atoms with van der Waals surface area (Å²) in [5.74, 6) is 0.842. The molecular formula is C14H16O2. The van der Waals surface area contributed by atoms with Crippen LogP contribution in [0.25, 0.3) is 0 Å². The molecule has 0 aromatic heterocycles. The third kappa shape index (κ3) is 1.62. The molecule has 0 aliphatic heterocycles. The van der Waals surface area contributed by atoms with Crippen LogP contribution in [-0.4, -0.2) is 11.1 Å². The van der Waals surface area contributed by atoms with Crippen LogP contribution in [0.1, 0.15) is 40.7 Å². The molecular weight excluding hydrogens is 200 g/mol. The molecule has 1 aromatic carbocycles. The fourth-order valence-corrected chi connectivity index (χ4v) is 3.32. The van der Waals surface area contributed by atoms with Crippen molar-refractivity contribution in [2.24, 2.45) is 11.8 Å². The number of carboxylic acids is 1. The van der Waals surface area contributed by atoms with E-state index < -0.39 is 5.97 Å². The van der Waals surface area contributed by atoms with E-state index in [2.05, 4.69) is 0 Å². The van der Waals surface area contributed by atoms with E-state index in [0.29, 0.717) is 5.56 Å². The van der Waals surface area contributed by atoms with Crippen LogP contribution >= 0.6 is 0 Å². The van der Waals surface area contributed by atoms with Crippen molar-refractivity contribution in [3.05, 3.63) is 34.9 Å². The second kappa shape index (κ2) is 3.62. The maximum Gasteiger partial charge on any atom is 0.335 e. The molecule has 2 atom stereocenters. The van der Waals surface area contributed by atoms with Crippen LogP contribution in [0, 0.1) is 11.8 Å². The molecule has 3 rings (SSSR count). The second-order valence-electron chi connectivity index (χ2n) is 5.24. The Hall–Kier alpha value is -1.31. The average Bonchev–Trinajstić information content (AvgIpc) is 2.59. The highest BCUT2D eigenvalue weighted by Crippen LogP contribution is 2.39. The largest absolute Gasteiger partial charge is 0.478 e. The van der Waals surface area contributed by atoms with Gasteiger partial charge in [-0.15, -0.1) is 0 Å². The van der Waals surface area contributed by atoms with E-state index in [1.807, 2.05) is 12.1 Å². The average molecular weight is 216 g/mol. The number of fused-ring (bicyclic) bond motifs is 3. The minimum atomic E-state index is -0.808. The monoisotopic (exact) mass is 216 g/mol. The number of hydrogen-bond donors (Lipinski definition) is 1. The maximum absolute atomic E-state index is 10.9. The first-order valence-corrected chi connectivity index (χ1v) is 6.07. The van der Waals surface area contributed by atoms with Gasteiger partial charge in [-0.1, -0.05) is 6.07 Å². The molecule has 1 aromatic rings. The van der Waals surface area contributed by atoms with E-state index in [4.69, 9.17) is 5.11 Å². The van der Waals surface area contributed by atoms with Gasteiger partial charge < -0.3 is 5.11 Å². The van der Waals surface area contributed by atoms with Gasteiger partial charge in [0.25, 0.3) is 0 Å². The van der Waals surface area contributed by atoms with E-state index in [9.17, 15) is 4.79 Å². The molecule has 84 valence electrons. The van der Waals surface area contributed by atoms with Gasteiger partial charge in [-0.05, 0) is 67.2 Å². The first kappa shape index (κ1) is 9.88. The zero-order valence-corrected chi connectivity index (χ0v) is 9.28. The zero-order valence-electron chi connectivity index (χ0n) is 9.28. The van der Waals surface area contributed by atoms with Crippen LogP contribution in [0.5, 0.6) is 0 Å². The minimum Gasteiger partial charge on any atom is -0.478 e. The predicted molar refractivity (Wildman–Crippen MR) is 61.6 cm³/mol. The van der Waals surface area contributed by atoms with Crippen molar-refractivity contribution in [1.29, 1.82) is 0 Å². The van der Waals surface area contributed by atoms with E-state index in [-0.39, 0.29) is 0 Å². The van der Waals surface area contributed by atoms with Gasteiger partial charge in [-0.2, -0.15) is 0 Å². The van der Waals surface area contributed by atoms with Crippen molar-refractivity contribution in [2.45, 2.75) is 32.1 Å².